The van der Waals surface area contributed by atoms with Crippen LogP contribution in [0, 0.1) is 0 Å². The number of benzene rings is 2. The lowest BCUT2D eigenvalue weighted by atomic mass is 10.3. The van der Waals surface area contributed by atoms with Crippen LogP contribution in [0.5, 0.6) is 5.75 Å². The average Bonchev–Trinajstić information content (AvgIpc) is 2.53. The molecule has 0 aromatic heterocycles. The number of halogens is 2. The number of methoxy groups -OCH3 is 1. The van der Waals surface area contributed by atoms with Crippen LogP contribution in [0.25, 0.3) is 0 Å². The zero-order valence-electron chi connectivity index (χ0n) is 12.1. The Balaban J connectivity index is 2.48. The first-order valence-electron chi connectivity index (χ1n) is 6.45. The maximum absolute atomic E-state index is 12.8. The van der Waals surface area contributed by atoms with E-state index in [1.54, 1.807) is 36.4 Å². The van der Waals surface area contributed by atoms with Crippen LogP contribution in [0.15, 0.2) is 57.9 Å². The van der Waals surface area contributed by atoms with Gasteiger partial charge in [0.25, 0.3) is 10.0 Å². The molecule has 0 heterocycles. The second-order valence-corrected chi connectivity index (χ2v) is 7.72. The third kappa shape index (κ3) is 4.25. The van der Waals surface area contributed by atoms with Crippen LogP contribution < -0.4 is 9.04 Å². The van der Waals surface area contributed by atoms with E-state index in [1.165, 1.54) is 19.2 Å². The van der Waals surface area contributed by atoms with Gasteiger partial charge in [-0.25, -0.2) is 8.42 Å². The van der Waals surface area contributed by atoms with E-state index < -0.39 is 21.8 Å². The molecule has 0 aliphatic carbocycles. The van der Waals surface area contributed by atoms with Gasteiger partial charge in [0.1, 0.15) is 12.3 Å². The number of nitrogens with zero attached hydrogens (tertiary/aromatic N) is 1. The van der Waals surface area contributed by atoms with Crippen molar-refractivity contribution in [3.05, 3.63) is 53.0 Å². The van der Waals surface area contributed by atoms with Crippen molar-refractivity contribution in [2.45, 2.75) is 4.90 Å². The Kier molecular flexibility index (Phi) is 5.67. The van der Waals surface area contributed by atoms with E-state index in [1.807, 2.05) is 0 Å². The van der Waals surface area contributed by atoms with Gasteiger partial charge < -0.3 is 4.74 Å². The second-order valence-electron chi connectivity index (χ2n) is 4.52. The summed E-state index contributed by atoms with van der Waals surface area (Å²) in [6.07, 6.45) is 0. The fraction of sp³-hybridized carbons (Fsp3) is 0.133. The second kappa shape index (κ2) is 7.33. The van der Waals surface area contributed by atoms with Crippen molar-refractivity contribution in [2.24, 2.45) is 0 Å². The number of hydrogen-bond donors (Lipinski definition) is 0. The van der Waals surface area contributed by atoms with E-state index in [4.69, 9.17) is 16.3 Å². The lowest BCUT2D eigenvalue weighted by Crippen LogP contribution is -2.34. The molecule has 0 atom stereocenters. The summed E-state index contributed by atoms with van der Waals surface area (Å²) in [5, 5.41) is -0.776. The number of rotatable bonds is 6. The molecule has 0 radical (unpaired) electrons. The average molecular weight is 419 g/mol. The minimum atomic E-state index is -3.92. The summed E-state index contributed by atoms with van der Waals surface area (Å²) >= 11 is 8.68. The number of sulfonamides is 1. The molecule has 122 valence electrons. The van der Waals surface area contributed by atoms with E-state index in [-0.39, 0.29) is 4.90 Å². The Morgan fingerprint density at radius 3 is 2.17 bits per heavy atom. The van der Waals surface area contributed by atoms with Gasteiger partial charge in [0.2, 0.25) is 5.24 Å². The predicted molar refractivity (Wildman–Crippen MR) is 92.5 cm³/mol. The van der Waals surface area contributed by atoms with Gasteiger partial charge in [-0.05, 0) is 60.1 Å². The standard InChI is InChI=1S/C15H13BrClNO4S/c1-22-13-6-4-12(5-7-13)18(10-15(17)19)23(20,21)14-8-2-11(16)3-9-14/h2-9H,10H2,1H3. The molecule has 0 spiro atoms. The normalized spacial score (nSPS) is 11.1. The van der Waals surface area contributed by atoms with Crippen LogP contribution in [0.3, 0.4) is 0 Å². The smallest absolute Gasteiger partial charge is 0.264 e. The largest absolute Gasteiger partial charge is 0.497 e. The van der Waals surface area contributed by atoms with E-state index >= 15 is 0 Å². The lowest BCUT2D eigenvalue weighted by molar-refractivity contribution is -0.110. The first kappa shape index (κ1) is 17.8. The fourth-order valence-electron chi connectivity index (χ4n) is 1.91. The van der Waals surface area contributed by atoms with Gasteiger partial charge in [-0.1, -0.05) is 15.9 Å². The SMILES string of the molecule is COc1ccc(N(CC(=O)Cl)S(=O)(=O)c2ccc(Br)cc2)cc1. The molecule has 2 aromatic carbocycles. The van der Waals surface area contributed by atoms with Crippen LogP contribution in [0.4, 0.5) is 5.69 Å². The minimum absolute atomic E-state index is 0.0643. The highest BCUT2D eigenvalue weighted by atomic mass is 79.9. The highest BCUT2D eigenvalue weighted by Gasteiger charge is 2.26. The highest BCUT2D eigenvalue weighted by Crippen LogP contribution is 2.26. The van der Waals surface area contributed by atoms with Gasteiger partial charge in [-0.3, -0.25) is 9.10 Å². The summed E-state index contributed by atoms with van der Waals surface area (Å²) in [6.45, 7) is -0.466. The van der Waals surface area contributed by atoms with Crippen LogP contribution in [0.2, 0.25) is 0 Å². The summed E-state index contributed by atoms with van der Waals surface area (Å²) in [5.41, 5.74) is 0.322. The minimum Gasteiger partial charge on any atom is -0.497 e. The maximum atomic E-state index is 12.8. The summed E-state index contributed by atoms with van der Waals surface area (Å²) < 4.78 is 32.4. The van der Waals surface area contributed by atoms with Crippen LogP contribution in [-0.4, -0.2) is 27.3 Å². The first-order valence-corrected chi connectivity index (χ1v) is 9.06. The van der Waals surface area contributed by atoms with Crippen LogP contribution >= 0.6 is 27.5 Å². The van der Waals surface area contributed by atoms with Crippen molar-refractivity contribution in [1.29, 1.82) is 0 Å². The molecule has 0 amide bonds. The molecule has 2 aromatic rings. The molecule has 23 heavy (non-hydrogen) atoms. The quantitative estimate of drug-likeness (QED) is 0.674. The molecule has 0 saturated heterocycles. The van der Waals surface area contributed by atoms with Crippen molar-refractivity contribution >= 4 is 48.5 Å². The van der Waals surface area contributed by atoms with Crippen LogP contribution in [-0.2, 0) is 14.8 Å². The zero-order valence-corrected chi connectivity index (χ0v) is 15.2. The first-order chi connectivity index (χ1) is 10.8. The summed E-state index contributed by atoms with van der Waals surface area (Å²) in [4.78, 5) is 11.4. The van der Waals surface area contributed by atoms with Gasteiger partial charge in [0.05, 0.1) is 17.7 Å². The molecule has 0 fully saturated rings. The zero-order chi connectivity index (χ0) is 17.0. The van der Waals surface area contributed by atoms with Crippen LogP contribution in [0.1, 0.15) is 0 Å². The summed E-state index contributed by atoms with van der Waals surface area (Å²) in [5.74, 6) is 0.576. The summed E-state index contributed by atoms with van der Waals surface area (Å²) in [7, 11) is -2.41. The molecule has 8 heteroatoms. The Bertz CT molecular complexity index is 791. The van der Waals surface area contributed by atoms with Gasteiger partial charge in [0, 0.05) is 4.47 Å². The Morgan fingerprint density at radius 1 is 1.13 bits per heavy atom. The van der Waals surface area contributed by atoms with Gasteiger partial charge in [0.15, 0.2) is 0 Å². The number of ether oxygens (including phenoxy) is 1. The van der Waals surface area contributed by atoms with E-state index in [0.717, 1.165) is 8.78 Å². The molecule has 5 nitrogen and oxygen atoms in total. The number of anilines is 1. The van der Waals surface area contributed by atoms with E-state index in [0.29, 0.717) is 11.4 Å². The Morgan fingerprint density at radius 2 is 1.70 bits per heavy atom. The third-order valence-corrected chi connectivity index (χ3v) is 5.47. The maximum Gasteiger partial charge on any atom is 0.264 e. The van der Waals surface area contributed by atoms with Gasteiger partial charge in [-0.2, -0.15) is 0 Å². The number of carbonyl (C=O) groups is 1. The fourth-order valence-corrected chi connectivity index (χ4v) is 3.79. The predicted octanol–water partition coefficient (Wildman–Crippen LogP) is 3.42. The molecule has 2 rings (SSSR count). The molecule has 0 unspecified atom stereocenters. The molecule has 0 bridgehead atoms. The van der Waals surface area contributed by atoms with Crippen molar-refractivity contribution in [3.8, 4) is 5.75 Å². The number of hydrogen-bond acceptors (Lipinski definition) is 4. The molecular weight excluding hydrogens is 406 g/mol. The van der Waals surface area contributed by atoms with Crippen molar-refractivity contribution in [1.82, 2.24) is 0 Å². The van der Waals surface area contributed by atoms with E-state index in [9.17, 15) is 13.2 Å². The number of carbonyl (C=O) groups excluding carboxylic acids is 1. The third-order valence-electron chi connectivity index (χ3n) is 3.03. The molecule has 0 saturated carbocycles. The molecule has 0 aliphatic heterocycles. The van der Waals surface area contributed by atoms with Crippen molar-refractivity contribution in [3.63, 3.8) is 0 Å². The topological polar surface area (TPSA) is 63.7 Å². The van der Waals surface area contributed by atoms with Crippen molar-refractivity contribution in [2.75, 3.05) is 18.0 Å². The Hall–Kier alpha value is -1.57. The van der Waals surface area contributed by atoms with E-state index in [2.05, 4.69) is 15.9 Å². The van der Waals surface area contributed by atoms with Crippen molar-refractivity contribution < 1.29 is 17.9 Å². The monoisotopic (exact) mass is 417 g/mol. The van der Waals surface area contributed by atoms with Gasteiger partial charge in [-0.15, -0.1) is 0 Å². The highest BCUT2D eigenvalue weighted by molar-refractivity contribution is 9.10. The molecule has 0 aliphatic rings. The van der Waals surface area contributed by atoms with Gasteiger partial charge >= 0.3 is 0 Å². The summed E-state index contributed by atoms with van der Waals surface area (Å²) in [6, 6.07) is 12.5. The molecule has 0 N–H and O–H groups in total. The molecular formula is C15H13BrClNO4S. The lowest BCUT2D eigenvalue weighted by Gasteiger charge is -2.23. The Labute approximate surface area is 148 Å².